The van der Waals surface area contributed by atoms with E-state index in [2.05, 4.69) is 9.97 Å². The van der Waals surface area contributed by atoms with Gasteiger partial charge in [0.1, 0.15) is 3.57 Å². The molecule has 1 heterocycles. The standard InChI is InChI=1S/C20H18ClIN2O3S/c1-26-16-7-6-12(10-17(16)27-2)9-15-18(22)19(25)24-20(23-15)28-11-13-4-3-5-14(21)8-13/h3-8,10H,9,11H2,1-2H3,(H,23,24,25). The van der Waals surface area contributed by atoms with E-state index in [0.717, 1.165) is 16.8 Å². The van der Waals surface area contributed by atoms with Crippen LogP contribution >= 0.6 is 46.0 Å². The number of ether oxygens (including phenoxy) is 2. The van der Waals surface area contributed by atoms with E-state index in [-0.39, 0.29) is 5.56 Å². The Morgan fingerprint density at radius 3 is 2.61 bits per heavy atom. The Bertz CT molecular complexity index is 1040. The van der Waals surface area contributed by atoms with Crippen molar-refractivity contribution < 1.29 is 9.47 Å². The Hall–Kier alpha value is -1.71. The lowest BCUT2D eigenvalue weighted by molar-refractivity contribution is 0.354. The molecule has 0 unspecified atom stereocenters. The Morgan fingerprint density at radius 1 is 1.11 bits per heavy atom. The largest absolute Gasteiger partial charge is 0.493 e. The highest BCUT2D eigenvalue weighted by molar-refractivity contribution is 14.1. The zero-order valence-corrected chi connectivity index (χ0v) is 19.0. The number of H-pyrrole nitrogens is 1. The van der Waals surface area contributed by atoms with Crippen LogP contribution < -0.4 is 15.0 Å². The molecule has 2 aromatic carbocycles. The van der Waals surface area contributed by atoms with Gasteiger partial charge in [0, 0.05) is 17.2 Å². The summed E-state index contributed by atoms with van der Waals surface area (Å²) in [6.45, 7) is 0. The van der Waals surface area contributed by atoms with Crippen LogP contribution in [-0.2, 0) is 12.2 Å². The fourth-order valence-corrected chi connectivity index (χ4v) is 4.11. The summed E-state index contributed by atoms with van der Waals surface area (Å²) in [6, 6.07) is 13.3. The van der Waals surface area contributed by atoms with Gasteiger partial charge < -0.3 is 14.5 Å². The second-order valence-corrected chi connectivity index (χ2v) is 8.40. The maximum Gasteiger partial charge on any atom is 0.265 e. The van der Waals surface area contributed by atoms with Gasteiger partial charge in [-0.3, -0.25) is 4.79 Å². The van der Waals surface area contributed by atoms with Gasteiger partial charge in [0.15, 0.2) is 16.7 Å². The molecule has 0 aliphatic rings. The SMILES string of the molecule is COc1ccc(Cc2nc(SCc3cccc(Cl)c3)[nH]c(=O)c2I)cc1OC. The topological polar surface area (TPSA) is 64.2 Å². The van der Waals surface area contributed by atoms with Crippen molar-refractivity contribution in [1.29, 1.82) is 0 Å². The molecule has 0 aliphatic carbocycles. The number of benzene rings is 2. The third-order valence-electron chi connectivity index (χ3n) is 3.99. The minimum atomic E-state index is -0.139. The van der Waals surface area contributed by atoms with Crippen molar-refractivity contribution in [3.05, 3.63) is 78.2 Å². The van der Waals surface area contributed by atoms with Gasteiger partial charge in [-0.25, -0.2) is 4.98 Å². The van der Waals surface area contributed by atoms with Crippen LogP contribution in [0.5, 0.6) is 11.5 Å². The highest BCUT2D eigenvalue weighted by Gasteiger charge is 2.12. The molecule has 8 heteroatoms. The molecular formula is C20H18ClIN2O3S. The minimum Gasteiger partial charge on any atom is -0.493 e. The maximum absolute atomic E-state index is 12.4. The molecule has 5 nitrogen and oxygen atoms in total. The van der Waals surface area contributed by atoms with Crippen LogP contribution in [0.25, 0.3) is 0 Å². The lowest BCUT2D eigenvalue weighted by Gasteiger charge is -2.11. The van der Waals surface area contributed by atoms with Crippen molar-refractivity contribution in [2.24, 2.45) is 0 Å². The first-order chi connectivity index (χ1) is 13.5. The van der Waals surface area contributed by atoms with Crippen LogP contribution in [0, 0.1) is 3.57 Å². The lowest BCUT2D eigenvalue weighted by Crippen LogP contribution is -2.16. The molecule has 3 aromatic rings. The third kappa shape index (κ3) is 5.21. The van der Waals surface area contributed by atoms with Gasteiger partial charge in [0.25, 0.3) is 5.56 Å². The first-order valence-corrected chi connectivity index (χ1v) is 10.8. The fraction of sp³-hybridized carbons (Fsp3) is 0.200. The number of rotatable bonds is 7. The molecule has 3 rings (SSSR count). The molecule has 0 radical (unpaired) electrons. The second-order valence-electron chi connectivity index (χ2n) is 5.92. The predicted molar refractivity (Wildman–Crippen MR) is 121 cm³/mol. The quantitative estimate of drug-likeness (QED) is 0.268. The summed E-state index contributed by atoms with van der Waals surface area (Å²) in [5, 5.41) is 1.28. The Balaban J connectivity index is 1.82. The number of aromatic nitrogens is 2. The minimum absolute atomic E-state index is 0.139. The molecular weight excluding hydrogens is 511 g/mol. The van der Waals surface area contributed by atoms with Gasteiger partial charge in [-0.2, -0.15) is 0 Å². The van der Waals surface area contributed by atoms with Crippen molar-refractivity contribution in [1.82, 2.24) is 9.97 Å². The van der Waals surface area contributed by atoms with Crippen LogP contribution in [0.1, 0.15) is 16.8 Å². The zero-order valence-electron chi connectivity index (χ0n) is 15.3. The number of halogens is 2. The van der Waals surface area contributed by atoms with Crippen LogP contribution in [0.4, 0.5) is 0 Å². The van der Waals surface area contributed by atoms with E-state index in [0.29, 0.717) is 37.4 Å². The van der Waals surface area contributed by atoms with Crippen LogP contribution in [0.2, 0.25) is 5.02 Å². The molecule has 0 aliphatic heterocycles. The van der Waals surface area contributed by atoms with E-state index < -0.39 is 0 Å². The van der Waals surface area contributed by atoms with E-state index in [1.54, 1.807) is 14.2 Å². The molecule has 0 fully saturated rings. The number of hydrogen-bond donors (Lipinski definition) is 1. The highest BCUT2D eigenvalue weighted by atomic mass is 127. The monoisotopic (exact) mass is 528 g/mol. The average molecular weight is 529 g/mol. The van der Waals surface area contributed by atoms with Crippen molar-refractivity contribution in [2.75, 3.05) is 14.2 Å². The van der Waals surface area contributed by atoms with Crippen molar-refractivity contribution in [3.8, 4) is 11.5 Å². The van der Waals surface area contributed by atoms with Crippen molar-refractivity contribution in [3.63, 3.8) is 0 Å². The van der Waals surface area contributed by atoms with E-state index >= 15 is 0 Å². The predicted octanol–water partition coefficient (Wildman–Crippen LogP) is 4.93. The highest BCUT2D eigenvalue weighted by Crippen LogP contribution is 2.29. The van der Waals surface area contributed by atoms with Crippen molar-refractivity contribution in [2.45, 2.75) is 17.3 Å². The fourth-order valence-electron chi connectivity index (χ4n) is 2.63. The van der Waals surface area contributed by atoms with E-state index in [4.69, 9.17) is 21.1 Å². The van der Waals surface area contributed by atoms with Crippen LogP contribution in [-0.4, -0.2) is 24.2 Å². The maximum atomic E-state index is 12.4. The molecule has 0 atom stereocenters. The van der Waals surface area contributed by atoms with Gasteiger partial charge >= 0.3 is 0 Å². The molecule has 0 saturated carbocycles. The normalized spacial score (nSPS) is 10.7. The van der Waals surface area contributed by atoms with Gasteiger partial charge in [-0.05, 0) is 58.0 Å². The Kier molecular flexibility index (Phi) is 7.25. The second kappa shape index (κ2) is 9.67. The first kappa shape index (κ1) is 21.0. The summed E-state index contributed by atoms with van der Waals surface area (Å²) in [7, 11) is 3.20. The first-order valence-electron chi connectivity index (χ1n) is 8.37. The summed E-state index contributed by atoms with van der Waals surface area (Å²) in [5.74, 6) is 1.98. The number of nitrogens with one attached hydrogen (secondary N) is 1. The Morgan fingerprint density at radius 2 is 1.89 bits per heavy atom. The van der Waals surface area contributed by atoms with Gasteiger partial charge in [-0.15, -0.1) is 0 Å². The number of hydrogen-bond acceptors (Lipinski definition) is 5. The number of nitrogens with zero attached hydrogens (tertiary/aromatic N) is 1. The number of methoxy groups -OCH3 is 2. The molecule has 0 spiro atoms. The molecule has 1 N–H and O–H groups in total. The molecule has 0 saturated heterocycles. The van der Waals surface area contributed by atoms with Gasteiger partial charge in [0.05, 0.1) is 19.9 Å². The van der Waals surface area contributed by atoms with Crippen LogP contribution in [0.3, 0.4) is 0 Å². The molecule has 0 bridgehead atoms. The van der Waals surface area contributed by atoms with Crippen molar-refractivity contribution >= 4 is 46.0 Å². The summed E-state index contributed by atoms with van der Waals surface area (Å²) in [6.07, 6.45) is 0.521. The van der Waals surface area contributed by atoms with Gasteiger partial charge in [-0.1, -0.05) is 41.6 Å². The molecule has 1 aromatic heterocycles. The van der Waals surface area contributed by atoms with E-state index in [9.17, 15) is 4.79 Å². The number of aromatic amines is 1. The van der Waals surface area contributed by atoms with E-state index in [1.807, 2.05) is 65.1 Å². The van der Waals surface area contributed by atoms with Crippen LogP contribution in [0.15, 0.2) is 52.4 Å². The molecule has 0 amide bonds. The summed E-state index contributed by atoms with van der Waals surface area (Å²) in [5.41, 5.74) is 2.64. The molecule has 28 heavy (non-hydrogen) atoms. The third-order valence-corrected chi connectivity index (χ3v) is 6.29. The van der Waals surface area contributed by atoms with E-state index in [1.165, 1.54) is 11.8 Å². The summed E-state index contributed by atoms with van der Waals surface area (Å²) >= 11 is 9.54. The Labute approximate surface area is 186 Å². The zero-order chi connectivity index (χ0) is 20.1. The molecule has 146 valence electrons. The summed E-state index contributed by atoms with van der Waals surface area (Å²) < 4.78 is 11.2. The average Bonchev–Trinajstić information content (AvgIpc) is 2.70. The smallest absolute Gasteiger partial charge is 0.265 e. The van der Waals surface area contributed by atoms with Gasteiger partial charge in [0.2, 0.25) is 0 Å². The summed E-state index contributed by atoms with van der Waals surface area (Å²) in [4.78, 5) is 19.9. The number of thioether (sulfide) groups is 1. The lowest BCUT2D eigenvalue weighted by atomic mass is 10.1.